The SMILES string of the molecule is CCCCNc1ncc2c(-c3ccc(NC(=O)C4(C(=O)Nc5ccc(F)cc5)CC4)cc3)nn([C@H]3CC[C@H](O)CC3)c2n1. The van der Waals surface area contributed by atoms with Gasteiger partial charge in [-0.15, -0.1) is 0 Å². The minimum absolute atomic E-state index is 0.132. The molecule has 2 saturated carbocycles. The molecule has 0 atom stereocenters. The molecule has 0 saturated heterocycles. The van der Waals surface area contributed by atoms with E-state index >= 15 is 0 Å². The molecule has 11 heteroatoms. The number of aliphatic hydroxyl groups excluding tert-OH is 1. The van der Waals surface area contributed by atoms with E-state index in [0.717, 1.165) is 67.4 Å². The summed E-state index contributed by atoms with van der Waals surface area (Å²) in [5, 5.41) is 24.8. The Morgan fingerprint density at radius 1 is 0.977 bits per heavy atom. The standard InChI is InChI=1S/C32H36FN7O3/c1-2-3-18-34-31-35-19-26-27(39-40(28(26)38-31)24-12-14-25(41)15-13-24)20-4-8-22(9-5-20)36-29(42)32(16-17-32)30(43)37-23-10-6-21(33)7-11-23/h4-11,19,24-25,41H,2-3,12-18H2,1H3,(H,36,42)(H,37,43)(H,34,35,38)/t24-,25-. The number of fused-ring (bicyclic) bond motifs is 1. The van der Waals surface area contributed by atoms with Crippen LogP contribution in [0.2, 0.25) is 0 Å². The summed E-state index contributed by atoms with van der Waals surface area (Å²) in [6, 6.07) is 13.0. The number of nitrogens with zero attached hydrogens (tertiary/aromatic N) is 4. The van der Waals surface area contributed by atoms with E-state index in [9.17, 15) is 19.1 Å². The van der Waals surface area contributed by atoms with Gasteiger partial charge in [-0.25, -0.2) is 14.1 Å². The average Bonchev–Trinajstić information content (AvgIpc) is 3.75. The van der Waals surface area contributed by atoms with Crippen molar-refractivity contribution >= 4 is 40.2 Å². The highest BCUT2D eigenvalue weighted by Crippen LogP contribution is 2.47. The van der Waals surface area contributed by atoms with Gasteiger partial charge in [-0.3, -0.25) is 9.59 Å². The van der Waals surface area contributed by atoms with Crippen molar-refractivity contribution in [3.05, 3.63) is 60.5 Å². The van der Waals surface area contributed by atoms with Gasteiger partial charge in [-0.2, -0.15) is 10.1 Å². The van der Waals surface area contributed by atoms with Crippen molar-refractivity contribution in [1.29, 1.82) is 0 Å². The van der Waals surface area contributed by atoms with Gasteiger partial charge in [-0.1, -0.05) is 25.5 Å². The van der Waals surface area contributed by atoms with E-state index < -0.39 is 17.1 Å². The summed E-state index contributed by atoms with van der Waals surface area (Å²) >= 11 is 0. The summed E-state index contributed by atoms with van der Waals surface area (Å²) in [7, 11) is 0. The number of rotatable bonds is 10. The molecule has 2 amide bonds. The second-order valence-electron chi connectivity index (χ2n) is 11.5. The molecule has 43 heavy (non-hydrogen) atoms. The van der Waals surface area contributed by atoms with Gasteiger partial charge in [0.25, 0.3) is 0 Å². The van der Waals surface area contributed by atoms with Crippen LogP contribution in [0.1, 0.15) is 64.3 Å². The molecule has 2 aromatic heterocycles. The van der Waals surface area contributed by atoms with Crippen molar-refractivity contribution in [3.63, 3.8) is 0 Å². The molecule has 2 aliphatic carbocycles. The molecule has 0 unspecified atom stereocenters. The van der Waals surface area contributed by atoms with Gasteiger partial charge in [0.1, 0.15) is 16.9 Å². The van der Waals surface area contributed by atoms with E-state index in [0.29, 0.717) is 30.2 Å². The first-order valence-corrected chi connectivity index (χ1v) is 15.0. The molecule has 2 fully saturated rings. The fourth-order valence-electron chi connectivity index (χ4n) is 5.58. The molecule has 4 N–H and O–H groups in total. The topological polar surface area (TPSA) is 134 Å². The van der Waals surface area contributed by atoms with E-state index in [-0.39, 0.29) is 18.1 Å². The van der Waals surface area contributed by atoms with Crippen LogP contribution >= 0.6 is 0 Å². The number of hydrogen-bond donors (Lipinski definition) is 4. The highest BCUT2D eigenvalue weighted by atomic mass is 19.1. The summed E-state index contributed by atoms with van der Waals surface area (Å²) in [5.41, 5.74) is 2.22. The van der Waals surface area contributed by atoms with Gasteiger partial charge in [0.05, 0.1) is 17.5 Å². The van der Waals surface area contributed by atoms with Gasteiger partial charge >= 0.3 is 0 Å². The fraction of sp³-hybridized carbons (Fsp3) is 0.406. The highest BCUT2D eigenvalue weighted by molar-refractivity contribution is 6.17. The minimum Gasteiger partial charge on any atom is -0.393 e. The number of anilines is 3. The van der Waals surface area contributed by atoms with Gasteiger partial charge in [0.2, 0.25) is 17.8 Å². The first-order valence-electron chi connectivity index (χ1n) is 15.0. The summed E-state index contributed by atoms with van der Waals surface area (Å²) in [5.74, 6) is -0.597. The third-order valence-corrected chi connectivity index (χ3v) is 8.41. The molecule has 6 rings (SSSR count). The van der Waals surface area contributed by atoms with E-state index in [1.165, 1.54) is 24.3 Å². The van der Waals surface area contributed by atoms with Crippen LogP contribution < -0.4 is 16.0 Å². The monoisotopic (exact) mass is 585 g/mol. The first kappa shape index (κ1) is 28.7. The third-order valence-electron chi connectivity index (χ3n) is 8.41. The van der Waals surface area contributed by atoms with Crippen molar-refractivity contribution in [2.75, 3.05) is 22.5 Å². The zero-order valence-electron chi connectivity index (χ0n) is 24.1. The summed E-state index contributed by atoms with van der Waals surface area (Å²) in [4.78, 5) is 35.4. The number of aromatic nitrogens is 4. The quantitative estimate of drug-likeness (QED) is 0.139. The van der Waals surface area contributed by atoms with E-state index in [1.807, 2.05) is 16.8 Å². The molecule has 2 aliphatic rings. The Labute approximate surface area is 249 Å². The van der Waals surface area contributed by atoms with Gasteiger partial charge in [0.15, 0.2) is 5.65 Å². The number of carbonyl (C=O) groups excluding carboxylic acids is 2. The number of amides is 2. The van der Waals surface area contributed by atoms with Crippen LogP contribution in [0.15, 0.2) is 54.7 Å². The zero-order valence-corrected chi connectivity index (χ0v) is 24.1. The molecular formula is C32H36FN7O3. The summed E-state index contributed by atoms with van der Waals surface area (Å²) in [6.45, 7) is 2.93. The number of carbonyl (C=O) groups is 2. The Balaban J connectivity index is 1.21. The maximum atomic E-state index is 13.2. The highest BCUT2D eigenvalue weighted by Gasteiger charge is 2.56. The summed E-state index contributed by atoms with van der Waals surface area (Å²) in [6.07, 6.45) is 7.62. The molecule has 4 aromatic rings. The lowest BCUT2D eigenvalue weighted by molar-refractivity contribution is -0.131. The Hall–Kier alpha value is -4.38. The lowest BCUT2D eigenvalue weighted by atomic mass is 9.93. The molecule has 0 bridgehead atoms. The number of unbranched alkanes of at least 4 members (excludes halogenated alkanes) is 1. The van der Waals surface area contributed by atoms with Gasteiger partial charge in [0, 0.05) is 29.7 Å². The lowest BCUT2D eigenvalue weighted by Crippen LogP contribution is -2.35. The van der Waals surface area contributed by atoms with Crippen molar-refractivity contribution in [1.82, 2.24) is 19.7 Å². The van der Waals surface area contributed by atoms with Crippen LogP contribution in [0.4, 0.5) is 21.7 Å². The minimum atomic E-state index is -1.14. The predicted octanol–water partition coefficient (Wildman–Crippen LogP) is 5.68. The maximum absolute atomic E-state index is 13.2. The van der Waals surface area contributed by atoms with Crippen LogP contribution in [0, 0.1) is 11.2 Å². The predicted molar refractivity (Wildman–Crippen MR) is 163 cm³/mol. The van der Waals surface area contributed by atoms with Crippen LogP contribution in [0.5, 0.6) is 0 Å². The smallest absolute Gasteiger partial charge is 0.240 e. The molecule has 10 nitrogen and oxygen atoms in total. The van der Waals surface area contributed by atoms with Crippen LogP contribution in [-0.4, -0.2) is 49.3 Å². The number of nitrogens with one attached hydrogen (secondary N) is 3. The normalized spacial score (nSPS) is 19.1. The zero-order chi connectivity index (χ0) is 30.0. The molecule has 0 aliphatic heterocycles. The molecule has 0 radical (unpaired) electrons. The van der Waals surface area contributed by atoms with Crippen LogP contribution in [0.25, 0.3) is 22.3 Å². The molecule has 2 aromatic carbocycles. The molecule has 0 spiro atoms. The Kier molecular flexibility index (Phi) is 8.07. The molecular weight excluding hydrogens is 549 g/mol. The number of halogens is 1. The van der Waals surface area contributed by atoms with Crippen molar-refractivity contribution in [2.45, 2.75) is 70.4 Å². The van der Waals surface area contributed by atoms with E-state index in [1.54, 1.807) is 18.3 Å². The Morgan fingerprint density at radius 3 is 2.21 bits per heavy atom. The van der Waals surface area contributed by atoms with Crippen molar-refractivity contribution in [3.8, 4) is 11.3 Å². The van der Waals surface area contributed by atoms with Crippen LogP contribution in [-0.2, 0) is 9.59 Å². The Bertz CT molecular complexity index is 1610. The first-order chi connectivity index (χ1) is 20.9. The third kappa shape index (κ3) is 6.08. The van der Waals surface area contributed by atoms with Crippen molar-refractivity contribution < 1.29 is 19.1 Å². The number of benzene rings is 2. The van der Waals surface area contributed by atoms with E-state index in [2.05, 4.69) is 27.9 Å². The summed E-state index contributed by atoms with van der Waals surface area (Å²) < 4.78 is 15.2. The molecule has 2 heterocycles. The van der Waals surface area contributed by atoms with E-state index in [4.69, 9.17) is 10.1 Å². The maximum Gasteiger partial charge on any atom is 0.240 e. The number of hydrogen-bond acceptors (Lipinski definition) is 7. The fourth-order valence-corrected chi connectivity index (χ4v) is 5.58. The van der Waals surface area contributed by atoms with Gasteiger partial charge < -0.3 is 21.1 Å². The van der Waals surface area contributed by atoms with Crippen molar-refractivity contribution in [2.24, 2.45) is 5.41 Å². The van der Waals surface area contributed by atoms with Crippen LogP contribution in [0.3, 0.4) is 0 Å². The van der Waals surface area contributed by atoms with Gasteiger partial charge in [-0.05, 0) is 81.3 Å². The number of aliphatic hydroxyl groups is 1. The largest absolute Gasteiger partial charge is 0.393 e. The second-order valence-corrected chi connectivity index (χ2v) is 11.5. The molecule has 224 valence electrons. The average molecular weight is 586 g/mol. The lowest BCUT2D eigenvalue weighted by Gasteiger charge is -2.25. The second kappa shape index (κ2) is 12.1. The Morgan fingerprint density at radius 2 is 1.60 bits per heavy atom.